The summed E-state index contributed by atoms with van der Waals surface area (Å²) in [5.41, 5.74) is 0.960. The molecule has 1 amide bonds. The first kappa shape index (κ1) is 22.6. The molecule has 1 aliphatic heterocycles. The fourth-order valence-corrected chi connectivity index (χ4v) is 4.96. The monoisotopic (exact) mass is 436 g/mol. The lowest BCUT2D eigenvalue weighted by Crippen LogP contribution is -2.55. The zero-order valence-electron chi connectivity index (χ0n) is 17.1. The third kappa shape index (κ3) is 5.13. The number of hydrogen-bond acceptors (Lipinski definition) is 4. The molecular formula is C22H29ClN2O5. The number of amides is 1. The van der Waals surface area contributed by atoms with E-state index in [1.807, 2.05) is 12.1 Å². The molecule has 2 aliphatic rings. The Bertz CT molecular complexity index is 784. The second kappa shape index (κ2) is 9.79. The van der Waals surface area contributed by atoms with Gasteiger partial charge in [-0.3, -0.25) is 14.9 Å². The van der Waals surface area contributed by atoms with Crippen LogP contribution >= 0.6 is 11.6 Å². The summed E-state index contributed by atoms with van der Waals surface area (Å²) in [6.07, 6.45) is 5.12. The molecule has 1 saturated heterocycles. The first-order valence-electron chi connectivity index (χ1n) is 10.6. The van der Waals surface area contributed by atoms with Crippen LogP contribution in [-0.2, 0) is 20.8 Å². The molecule has 0 aromatic heterocycles. The molecule has 1 aliphatic carbocycles. The van der Waals surface area contributed by atoms with Crippen molar-refractivity contribution in [3.05, 3.63) is 34.9 Å². The Kier molecular flexibility index (Phi) is 7.36. The van der Waals surface area contributed by atoms with Gasteiger partial charge in [-0.2, -0.15) is 0 Å². The summed E-state index contributed by atoms with van der Waals surface area (Å²) in [6, 6.07) is 4.63. The summed E-state index contributed by atoms with van der Waals surface area (Å²) in [5.74, 6) is -2.12. The van der Waals surface area contributed by atoms with E-state index in [1.165, 1.54) is 4.90 Å². The maximum Gasteiger partial charge on any atom is 0.326 e. The molecule has 1 saturated carbocycles. The van der Waals surface area contributed by atoms with Crippen molar-refractivity contribution in [2.75, 3.05) is 0 Å². The van der Waals surface area contributed by atoms with E-state index in [4.69, 9.17) is 11.6 Å². The second-order valence-electron chi connectivity index (χ2n) is 8.39. The van der Waals surface area contributed by atoms with Gasteiger partial charge in [0.1, 0.15) is 12.1 Å². The van der Waals surface area contributed by atoms with Crippen LogP contribution in [0.2, 0.25) is 5.02 Å². The van der Waals surface area contributed by atoms with Crippen LogP contribution in [-0.4, -0.2) is 57.1 Å². The lowest BCUT2D eigenvalue weighted by atomic mass is 9.84. The molecule has 1 aromatic rings. The number of hydrogen-bond donors (Lipinski definition) is 3. The standard InChI is InChI=1S/C22H29ClN2O5/c1-13(24-17(21(27)28)11-8-14-6-9-16(23)10-7-14)20(26)25-18-5-3-2-4-15(18)12-19(25)22(29)30/h6-7,9-10,13,15,17-19,24H,2-5,8,11-12H2,1H3,(H,27,28)(H,29,30)/t13-,15?,17?,18?,19?/m0/s1. The molecule has 8 heteroatoms. The molecule has 7 nitrogen and oxygen atoms in total. The number of fused-ring (bicyclic) bond motifs is 1. The maximum absolute atomic E-state index is 13.2. The van der Waals surface area contributed by atoms with Gasteiger partial charge in [-0.15, -0.1) is 0 Å². The van der Waals surface area contributed by atoms with E-state index >= 15 is 0 Å². The predicted octanol–water partition coefficient (Wildman–Crippen LogP) is 2.95. The van der Waals surface area contributed by atoms with E-state index in [0.29, 0.717) is 24.3 Å². The van der Waals surface area contributed by atoms with Crippen LogP contribution in [0.15, 0.2) is 24.3 Å². The Morgan fingerprint density at radius 2 is 1.83 bits per heavy atom. The molecule has 5 atom stereocenters. The minimum Gasteiger partial charge on any atom is -0.480 e. The highest BCUT2D eigenvalue weighted by molar-refractivity contribution is 6.30. The van der Waals surface area contributed by atoms with Crippen molar-refractivity contribution in [1.29, 1.82) is 0 Å². The Balaban J connectivity index is 1.66. The smallest absolute Gasteiger partial charge is 0.326 e. The average Bonchev–Trinajstić information content (AvgIpc) is 3.11. The van der Waals surface area contributed by atoms with Crippen molar-refractivity contribution in [2.24, 2.45) is 5.92 Å². The minimum atomic E-state index is -1.03. The molecule has 4 unspecified atom stereocenters. The number of carboxylic acids is 2. The Morgan fingerprint density at radius 3 is 2.47 bits per heavy atom. The number of aliphatic carboxylic acids is 2. The molecule has 2 fully saturated rings. The predicted molar refractivity (Wildman–Crippen MR) is 112 cm³/mol. The lowest BCUT2D eigenvalue weighted by molar-refractivity contribution is -0.151. The van der Waals surface area contributed by atoms with Gasteiger partial charge in [-0.1, -0.05) is 36.6 Å². The largest absolute Gasteiger partial charge is 0.480 e. The van der Waals surface area contributed by atoms with Gasteiger partial charge in [0.2, 0.25) is 5.91 Å². The molecule has 0 bridgehead atoms. The molecule has 1 aromatic carbocycles. The van der Waals surface area contributed by atoms with E-state index in [0.717, 1.165) is 31.2 Å². The van der Waals surface area contributed by atoms with E-state index in [1.54, 1.807) is 19.1 Å². The van der Waals surface area contributed by atoms with Gasteiger partial charge in [-0.25, -0.2) is 4.79 Å². The van der Waals surface area contributed by atoms with Crippen molar-refractivity contribution >= 4 is 29.4 Å². The summed E-state index contributed by atoms with van der Waals surface area (Å²) in [5, 5.41) is 22.8. The second-order valence-corrected chi connectivity index (χ2v) is 8.83. The number of carbonyl (C=O) groups is 3. The first-order valence-corrected chi connectivity index (χ1v) is 10.9. The number of rotatable bonds is 8. The van der Waals surface area contributed by atoms with Crippen LogP contribution in [0.1, 0.15) is 51.0 Å². The van der Waals surface area contributed by atoms with Crippen molar-refractivity contribution < 1.29 is 24.6 Å². The van der Waals surface area contributed by atoms with Gasteiger partial charge in [0, 0.05) is 11.1 Å². The fraction of sp³-hybridized carbons (Fsp3) is 0.591. The molecule has 164 valence electrons. The van der Waals surface area contributed by atoms with Gasteiger partial charge < -0.3 is 15.1 Å². The highest BCUT2D eigenvalue weighted by atomic mass is 35.5. The third-order valence-corrected chi connectivity index (χ3v) is 6.63. The number of carboxylic acid groups (broad SMARTS) is 2. The summed E-state index contributed by atoms with van der Waals surface area (Å²) in [4.78, 5) is 38.2. The van der Waals surface area contributed by atoms with Crippen LogP contribution in [0.25, 0.3) is 0 Å². The Hall–Kier alpha value is -2.12. The summed E-state index contributed by atoms with van der Waals surface area (Å²) < 4.78 is 0. The molecular weight excluding hydrogens is 408 g/mol. The van der Waals surface area contributed by atoms with Gasteiger partial charge in [0.05, 0.1) is 6.04 Å². The van der Waals surface area contributed by atoms with E-state index in [2.05, 4.69) is 5.32 Å². The topological polar surface area (TPSA) is 107 Å². The molecule has 0 radical (unpaired) electrons. The van der Waals surface area contributed by atoms with Crippen molar-refractivity contribution in [3.8, 4) is 0 Å². The number of halogens is 1. The fourth-order valence-electron chi connectivity index (χ4n) is 4.83. The maximum atomic E-state index is 13.2. The summed E-state index contributed by atoms with van der Waals surface area (Å²) in [7, 11) is 0. The van der Waals surface area contributed by atoms with Crippen molar-refractivity contribution in [3.63, 3.8) is 0 Å². The summed E-state index contributed by atoms with van der Waals surface area (Å²) in [6.45, 7) is 1.62. The van der Waals surface area contributed by atoms with Gasteiger partial charge in [0.15, 0.2) is 0 Å². The van der Waals surface area contributed by atoms with Gasteiger partial charge in [-0.05, 0) is 62.6 Å². The van der Waals surface area contributed by atoms with Gasteiger partial charge in [0.25, 0.3) is 0 Å². The number of aryl methyl sites for hydroxylation is 1. The molecule has 3 N–H and O–H groups in total. The number of likely N-dealkylation sites (tertiary alicyclic amines) is 1. The normalized spacial score (nSPS) is 25.4. The molecule has 3 rings (SSSR count). The quantitative estimate of drug-likeness (QED) is 0.578. The van der Waals surface area contributed by atoms with Crippen molar-refractivity contribution in [1.82, 2.24) is 10.2 Å². The first-order chi connectivity index (χ1) is 14.3. The number of nitrogens with one attached hydrogen (secondary N) is 1. The van der Waals surface area contributed by atoms with E-state index in [9.17, 15) is 24.6 Å². The Morgan fingerprint density at radius 1 is 1.17 bits per heavy atom. The summed E-state index contributed by atoms with van der Waals surface area (Å²) >= 11 is 5.88. The number of carbonyl (C=O) groups excluding carboxylic acids is 1. The molecule has 1 heterocycles. The SMILES string of the molecule is C[C@H](NC(CCc1ccc(Cl)cc1)C(=O)O)C(=O)N1C(C(=O)O)CC2CCCCC21. The molecule has 0 spiro atoms. The number of benzene rings is 1. The van der Waals surface area contributed by atoms with Crippen LogP contribution < -0.4 is 5.32 Å². The Labute approximate surface area is 181 Å². The van der Waals surface area contributed by atoms with Crippen LogP contribution in [0.4, 0.5) is 0 Å². The van der Waals surface area contributed by atoms with Crippen LogP contribution in [0.3, 0.4) is 0 Å². The zero-order valence-corrected chi connectivity index (χ0v) is 17.8. The highest BCUT2D eigenvalue weighted by Gasteiger charge is 2.48. The zero-order chi connectivity index (χ0) is 21.8. The average molecular weight is 437 g/mol. The van der Waals surface area contributed by atoms with Gasteiger partial charge >= 0.3 is 11.9 Å². The molecule has 30 heavy (non-hydrogen) atoms. The minimum absolute atomic E-state index is 0.0612. The lowest BCUT2D eigenvalue weighted by Gasteiger charge is -2.35. The third-order valence-electron chi connectivity index (χ3n) is 6.38. The number of nitrogens with zero attached hydrogens (tertiary/aromatic N) is 1. The highest BCUT2D eigenvalue weighted by Crippen LogP contribution is 2.40. The van der Waals surface area contributed by atoms with Crippen LogP contribution in [0.5, 0.6) is 0 Å². The van der Waals surface area contributed by atoms with E-state index < -0.39 is 30.1 Å². The van der Waals surface area contributed by atoms with Crippen molar-refractivity contribution in [2.45, 2.75) is 76.0 Å². The van der Waals surface area contributed by atoms with Crippen LogP contribution in [0, 0.1) is 5.92 Å². The van der Waals surface area contributed by atoms with E-state index in [-0.39, 0.29) is 17.9 Å².